The van der Waals surface area contributed by atoms with Crippen LogP contribution in [0.25, 0.3) is 22.3 Å². The topological polar surface area (TPSA) is 47.0 Å². The van der Waals surface area contributed by atoms with E-state index in [1.165, 1.54) is 6.07 Å². The molecule has 0 radical (unpaired) electrons. The van der Waals surface area contributed by atoms with Crippen LogP contribution >= 0.6 is 0 Å². The highest BCUT2D eigenvalue weighted by atomic mass is 19.1. The molecule has 4 nitrogen and oxygen atoms in total. The number of halogens is 1. The Morgan fingerprint density at radius 2 is 1.92 bits per heavy atom. The van der Waals surface area contributed by atoms with E-state index in [0.29, 0.717) is 23.8 Å². The summed E-state index contributed by atoms with van der Waals surface area (Å²) in [6.07, 6.45) is 2.35. The molecule has 0 bridgehead atoms. The average Bonchev–Trinajstić information content (AvgIpc) is 3.13. The van der Waals surface area contributed by atoms with Crippen molar-refractivity contribution in [2.45, 2.75) is 18.9 Å². The maximum Gasteiger partial charge on any atom is 0.165 e. The molecule has 0 saturated carbocycles. The van der Waals surface area contributed by atoms with Gasteiger partial charge >= 0.3 is 0 Å². The molecule has 1 atom stereocenters. The third kappa shape index (κ3) is 2.95. The van der Waals surface area contributed by atoms with E-state index in [4.69, 9.17) is 4.74 Å². The van der Waals surface area contributed by atoms with Crippen molar-refractivity contribution >= 4 is 16.7 Å². The second-order valence-corrected chi connectivity index (χ2v) is 5.91. The minimum absolute atomic E-state index is 0.204. The summed E-state index contributed by atoms with van der Waals surface area (Å²) < 4.78 is 19.8. The molecule has 1 aromatic heterocycles. The van der Waals surface area contributed by atoms with Gasteiger partial charge in [0.25, 0.3) is 0 Å². The first kappa shape index (κ1) is 15.0. The SMILES string of the molecule is Fc1ccccc1-c1nc(NCC2CCCO2)c2ccccc2n1. The fourth-order valence-corrected chi connectivity index (χ4v) is 2.99. The van der Waals surface area contributed by atoms with Gasteiger partial charge in [0.2, 0.25) is 0 Å². The van der Waals surface area contributed by atoms with Crippen molar-refractivity contribution in [3.8, 4) is 11.4 Å². The van der Waals surface area contributed by atoms with Crippen molar-refractivity contribution in [1.82, 2.24) is 9.97 Å². The van der Waals surface area contributed by atoms with Crippen molar-refractivity contribution in [1.29, 1.82) is 0 Å². The average molecular weight is 323 g/mol. The van der Waals surface area contributed by atoms with E-state index in [1.54, 1.807) is 18.2 Å². The number of para-hydroxylation sites is 1. The number of benzene rings is 2. The highest BCUT2D eigenvalue weighted by Gasteiger charge is 2.17. The van der Waals surface area contributed by atoms with E-state index in [-0.39, 0.29) is 11.9 Å². The number of aromatic nitrogens is 2. The zero-order valence-electron chi connectivity index (χ0n) is 13.2. The Morgan fingerprint density at radius 3 is 2.75 bits per heavy atom. The Morgan fingerprint density at radius 1 is 1.08 bits per heavy atom. The van der Waals surface area contributed by atoms with Crippen LogP contribution in [0, 0.1) is 5.82 Å². The van der Waals surface area contributed by atoms with Gasteiger partial charge in [0.05, 0.1) is 17.2 Å². The minimum atomic E-state index is -0.321. The number of hydrogen-bond acceptors (Lipinski definition) is 4. The molecule has 122 valence electrons. The highest BCUT2D eigenvalue weighted by molar-refractivity contribution is 5.90. The third-order valence-electron chi connectivity index (χ3n) is 4.24. The lowest BCUT2D eigenvalue weighted by Gasteiger charge is -2.14. The van der Waals surface area contributed by atoms with Gasteiger partial charge < -0.3 is 10.1 Å². The summed E-state index contributed by atoms with van der Waals surface area (Å²) in [7, 11) is 0. The molecule has 2 aromatic carbocycles. The number of nitrogens with one attached hydrogen (secondary N) is 1. The molecular weight excluding hydrogens is 305 g/mol. The van der Waals surface area contributed by atoms with Gasteiger partial charge in [0.1, 0.15) is 11.6 Å². The van der Waals surface area contributed by atoms with E-state index in [2.05, 4.69) is 15.3 Å². The minimum Gasteiger partial charge on any atom is -0.376 e. The summed E-state index contributed by atoms with van der Waals surface area (Å²) in [6.45, 7) is 1.51. The molecule has 5 heteroatoms. The number of hydrogen-bond donors (Lipinski definition) is 1. The third-order valence-corrected chi connectivity index (χ3v) is 4.24. The molecule has 0 spiro atoms. The molecular formula is C19H18FN3O. The van der Waals surface area contributed by atoms with E-state index in [0.717, 1.165) is 30.4 Å². The fraction of sp³-hybridized carbons (Fsp3) is 0.263. The lowest BCUT2D eigenvalue weighted by Crippen LogP contribution is -2.19. The van der Waals surface area contributed by atoms with Crippen molar-refractivity contribution in [2.75, 3.05) is 18.5 Å². The number of rotatable bonds is 4. The summed E-state index contributed by atoms with van der Waals surface area (Å²) in [5, 5.41) is 4.29. The number of ether oxygens (including phenoxy) is 1. The normalized spacial score (nSPS) is 17.3. The van der Waals surface area contributed by atoms with Crippen LogP contribution in [0.5, 0.6) is 0 Å². The Balaban J connectivity index is 1.74. The van der Waals surface area contributed by atoms with Crippen molar-refractivity contribution in [3.05, 3.63) is 54.3 Å². The van der Waals surface area contributed by atoms with E-state index in [1.807, 2.05) is 24.3 Å². The molecule has 1 fully saturated rings. The monoisotopic (exact) mass is 323 g/mol. The molecule has 1 unspecified atom stereocenters. The van der Waals surface area contributed by atoms with E-state index in [9.17, 15) is 4.39 Å². The summed E-state index contributed by atoms with van der Waals surface area (Å²) >= 11 is 0. The van der Waals surface area contributed by atoms with Crippen LogP contribution in [0.2, 0.25) is 0 Å². The van der Waals surface area contributed by atoms with Crippen LogP contribution in [0.3, 0.4) is 0 Å². The Labute approximate surface area is 139 Å². The number of anilines is 1. The summed E-state index contributed by atoms with van der Waals surface area (Å²) in [5.41, 5.74) is 1.20. The molecule has 0 aliphatic carbocycles. The maximum absolute atomic E-state index is 14.1. The standard InChI is InChI=1S/C19H18FN3O/c20-16-9-3-1-7-14(16)19-22-17-10-4-2-8-15(17)18(23-19)21-12-13-6-5-11-24-13/h1-4,7-10,13H,5-6,11-12H2,(H,21,22,23). The summed E-state index contributed by atoms with van der Waals surface area (Å²) in [4.78, 5) is 9.10. The van der Waals surface area contributed by atoms with Gasteiger partial charge in [-0.25, -0.2) is 14.4 Å². The predicted octanol–water partition coefficient (Wildman–Crippen LogP) is 4.03. The first-order valence-corrected chi connectivity index (χ1v) is 8.18. The Kier molecular flexibility index (Phi) is 4.09. The lowest BCUT2D eigenvalue weighted by molar-refractivity contribution is 0.120. The van der Waals surface area contributed by atoms with Crippen LogP contribution in [-0.2, 0) is 4.74 Å². The molecule has 3 aromatic rings. The molecule has 1 aliphatic heterocycles. The van der Waals surface area contributed by atoms with Crippen LogP contribution in [0.15, 0.2) is 48.5 Å². The molecule has 2 heterocycles. The lowest BCUT2D eigenvalue weighted by atomic mass is 10.1. The quantitative estimate of drug-likeness (QED) is 0.787. The molecule has 1 saturated heterocycles. The second-order valence-electron chi connectivity index (χ2n) is 5.91. The Bertz CT molecular complexity index is 862. The van der Waals surface area contributed by atoms with Gasteiger partial charge in [-0.3, -0.25) is 0 Å². The first-order valence-electron chi connectivity index (χ1n) is 8.18. The van der Waals surface area contributed by atoms with E-state index >= 15 is 0 Å². The predicted molar refractivity (Wildman–Crippen MR) is 92.4 cm³/mol. The summed E-state index contributed by atoms with van der Waals surface area (Å²) in [6, 6.07) is 14.3. The molecule has 1 aliphatic rings. The maximum atomic E-state index is 14.1. The van der Waals surface area contributed by atoms with Crippen molar-refractivity contribution < 1.29 is 9.13 Å². The van der Waals surface area contributed by atoms with Gasteiger partial charge in [-0.05, 0) is 37.1 Å². The fourth-order valence-electron chi connectivity index (χ4n) is 2.99. The van der Waals surface area contributed by atoms with Crippen LogP contribution < -0.4 is 5.32 Å². The molecule has 0 amide bonds. The van der Waals surface area contributed by atoms with Gasteiger partial charge in [0, 0.05) is 18.5 Å². The highest BCUT2D eigenvalue weighted by Crippen LogP contribution is 2.26. The van der Waals surface area contributed by atoms with Gasteiger partial charge in [-0.2, -0.15) is 0 Å². The van der Waals surface area contributed by atoms with Crippen molar-refractivity contribution in [3.63, 3.8) is 0 Å². The van der Waals surface area contributed by atoms with Gasteiger partial charge in [-0.15, -0.1) is 0 Å². The van der Waals surface area contributed by atoms with Crippen LogP contribution in [0.4, 0.5) is 10.2 Å². The van der Waals surface area contributed by atoms with Crippen molar-refractivity contribution in [2.24, 2.45) is 0 Å². The van der Waals surface area contributed by atoms with Crippen LogP contribution in [0.1, 0.15) is 12.8 Å². The molecule has 4 rings (SSSR count). The molecule has 24 heavy (non-hydrogen) atoms. The molecule has 1 N–H and O–H groups in total. The zero-order valence-corrected chi connectivity index (χ0v) is 13.2. The zero-order chi connectivity index (χ0) is 16.4. The van der Waals surface area contributed by atoms with Gasteiger partial charge in [0.15, 0.2) is 5.82 Å². The van der Waals surface area contributed by atoms with Crippen LogP contribution in [-0.4, -0.2) is 29.2 Å². The van der Waals surface area contributed by atoms with E-state index < -0.39 is 0 Å². The second kappa shape index (κ2) is 6.53. The van der Waals surface area contributed by atoms with Gasteiger partial charge in [-0.1, -0.05) is 24.3 Å². The Hall–Kier alpha value is -2.53. The number of fused-ring (bicyclic) bond motifs is 1. The number of nitrogens with zero attached hydrogens (tertiary/aromatic N) is 2. The first-order chi connectivity index (χ1) is 11.8. The summed E-state index contributed by atoms with van der Waals surface area (Å²) in [5.74, 6) is 0.786. The largest absolute Gasteiger partial charge is 0.376 e. The smallest absolute Gasteiger partial charge is 0.165 e.